The fourth-order valence-corrected chi connectivity index (χ4v) is 2.53. The lowest BCUT2D eigenvalue weighted by molar-refractivity contribution is 0.536. The number of nitrogens with zero attached hydrogens (tertiary/aromatic N) is 2. The normalized spacial score (nSPS) is 17.3. The molecule has 1 unspecified atom stereocenters. The van der Waals surface area contributed by atoms with Crippen molar-refractivity contribution in [3.8, 4) is 0 Å². The minimum absolute atomic E-state index is 0.743. The summed E-state index contributed by atoms with van der Waals surface area (Å²) in [6.07, 6.45) is 13.8. The third-order valence-electron chi connectivity index (χ3n) is 3.81. The van der Waals surface area contributed by atoms with Gasteiger partial charge < -0.3 is 0 Å². The van der Waals surface area contributed by atoms with Gasteiger partial charge >= 0.3 is 0 Å². The van der Waals surface area contributed by atoms with Gasteiger partial charge in [-0.1, -0.05) is 33.1 Å². The first-order valence-corrected chi connectivity index (χ1v) is 7.35. The van der Waals surface area contributed by atoms with Crippen LogP contribution in [0.3, 0.4) is 0 Å². The summed E-state index contributed by atoms with van der Waals surface area (Å²) in [6, 6.07) is 0. The molecule has 1 fully saturated rings. The molecule has 0 aromatic carbocycles. The van der Waals surface area contributed by atoms with Crippen LogP contribution < -0.4 is 0 Å². The molecule has 0 radical (unpaired) electrons. The van der Waals surface area contributed by atoms with E-state index >= 15 is 0 Å². The van der Waals surface area contributed by atoms with Crippen molar-refractivity contribution in [1.29, 1.82) is 0 Å². The minimum Gasteiger partial charge on any atom is -0.272 e. The van der Waals surface area contributed by atoms with Crippen LogP contribution in [0, 0.1) is 5.92 Å². The maximum atomic E-state index is 4.52. The lowest BCUT2D eigenvalue weighted by Gasteiger charge is -2.13. The highest BCUT2D eigenvalue weighted by Crippen LogP contribution is 2.31. The molecule has 0 amide bonds. The first kappa shape index (κ1) is 12.7. The largest absolute Gasteiger partial charge is 0.272 e. The summed E-state index contributed by atoms with van der Waals surface area (Å²) in [5, 5.41) is 4.52. The second kappa shape index (κ2) is 6.23. The van der Waals surface area contributed by atoms with Crippen molar-refractivity contribution in [3.63, 3.8) is 0 Å². The van der Waals surface area contributed by atoms with Crippen molar-refractivity contribution in [2.75, 3.05) is 0 Å². The molecule has 17 heavy (non-hydrogen) atoms. The number of unbranched alkanes of at least 4 members (excludes halogenated alkanes) is 1. The van der Waals surface area contributed by atoms with Gasteiger partial charge in [0.2, 0.25) is 0 Å². The Kier molecular flexibility index (Phi) is 4.64. The average Bonchev–Trinajstić information content (AvgIpc) is 3.01. The standard InChI is InChI=1S/C15H26N2/c1-3-5-7-14(6-4-2)15-10-16-17(12-15)11-13-8-9-13/h10,12-14H,3-9,11H2,1-2H3. The van der Waals surface area contributed by atoms with Crippen molar-refractivity contribution in [3.05, 3.63) is 18.0 Å². The van der Waals surface area contributed by atoms with E-state index in [-0.39, 0.29) is 0 Å². The van der Waals surface area contributed by atoms with Crippen molar-refractivity contribution in [1.82, 2.24) is 9.78 Å². The Morgan fingerprint density at radius 2 is 2.12 bits per heavy atom. The van der Waals surface area contributed by atoms with Crippen LogP contribution in [-0.4, -0.2) is 9.78 Å². The molecule has 2 heteroatoms. The Hall–Kier alpha value is -0.790. The van der Waals surface area contributed by atoms with Gasteiger partial charge in [-0.3, -0.25) is 4.68 Å². The van der Waals surface area contributed by atoms with Crippen molar-refractivity contribution >= 4 is 0 Å². The molecular formula is C15H26N2. The number of hydrogen-bond acceptors (Lipinski definition) is 1. The molecule has 0 N–H and O–H groups in total. The molecule has 1 saturated carbocycles. The molecule has 0 spiro atoms. The van der Waals surface area contributed by atoms with Crippen LogP contribution >= 0.6 is 0 Å². The number of rotatable bonds is 8. The van der Waals surface area contributed by atoms with Gasteiger partial charge in [0.15, 0.2) is 0 Å². The summed E-state index contributed by atoms with van der Waals surface area (Å²) in [5.74, 6) is 1.66. The lowest BCUT2D eigenvalue weighted by atomic mass is 9.92. The predicted octanol–water partition coefficient (Wildman–Crippen LogP) is 4.37. The Morgan fingerprint density at radius 3 is 2.76 bits per heavy atom. The van der Waals surface area contributed by atoms with E-state index in [1.807, 2.05) is 0 Å². The maximum Gasteiger partial charge on any atom is 0.0524 e. The smallest absolute Gasteiger partial charge is 0.0524 e. The molecule has 1 aromatic rings. The lowest BCUT2D eigenvalue weighted by Crippen LogP contribution is -2.00. The second-order valence-electron chi connectivity index (χ2n) is 5.57. The summed E-state index contributed by atoms with van der Waals surface area (Å²) in [5.41, 5.74) is 1.47. The molecule has 1 aliphatic rings. The summed E-state index contributed by atoms with van der Waals surface area (Å²) < 4.78 is 2.17. The van der Waals surface area contributed by atoms with Gasteiger partial charge in [0, 0.05) is 12.7 Å². The Balaban J connectivity index is 1.92. The third kappa shape index (κ3) is 3.86. The zero-order chi connectivity index (χ0) is 12.1. The summed E-state index contributed by atoms with van der Waals surface area (Å²) >= 11 is 0. The third-order valence-corrected chi connectivity index (χ3v) is 3.81. The van der Waals surface area contributed by atoms with E-state index in [2.05, 4.69) is 36.0 Å². The highest BCUT2D eigenvalue weighted by atomic mass is 15.3. The van der Waals surface area contributed by atoms with E-state index in [0.29, 0.717) is 0 Å². The minimum atomic E-state index is 0.743. The molecule has 1 atom stereocenters. The van der Waals surface area contributed by atoms with Crippen LogP contribution in [-0.2, 0) is 6.54 Å². The van der Waals surface area contributed by atoms with Crippen molar-refractivity contribution < 1.29 is 0 Å². The summed E-state index contributed by atoms with van der Waals surface area (Å²) in [6.45, 7) is 5.71. The van der Waals surface area contributed by atoms with Gasteiger partial charge in [-0.05, 0) is 43.1 Å². The molecule has 0 aliphatic heterocycles. The fourth-order valence-electron chi connectivity index (χ4n) is 2.53. The number of aromatic nitrogens is 2. The van der Waals surface area contributed by atoms with Gasteiger partial charge in [-0.15, -0.1) is 0 Å². The van der Waals surface area contributed by atoms with Crippen LogP contribution in [0.1, 0.15) is 70.3 Å². The molecule has 2 rings (SSSR count). The van der Waals surface area contributed by atoms with Crippen LogP contribution in [0.15, 0.2) is 12.4 Å². The van der Waals surface area contributed by atoms with E-state index < -0.39 is 0 Å². The van der Waals surface area contributed by atoms with E-state index in [1.165, 1.54) is 50.5 Å². The second-order valence-corrected chi connectivity index (χ2v) is 5.57. The van der Waals surface area contributed by atoms with E-state index in [4.69, 9.17) is 0 Å². The highest BCUT2D eigenvalue weighted by Gasteiger charge is 2.22. The molecule has 1 heterocycles. The average molecular weight is 234 g/mol. The Morgan fingerprint density at radius 1 is 1.29 bits per heavy atom. The highest BCUT2D eigenvalue weighted by molar-refractivity contribution is 5.11. The van der Waals surface area contributed by atoms with E-state index in [0.717, 1.165) is 18.4 Å². The first-order chi connectivity index (χ1) is 8.33. The van der Waals surface area contributed by atoms with Crippen molar-refractivity contribution in [2.24, 2.45) is 5.92 Å². The SMILES string of the molecule is CCCCC(CCC)c1cnn(CC2CC2)c1. The number of hydrogen-bond donors (Lipinski definition) is 0. The van der Waals surface area contributed by atoms with Gasteiger partial charge in [0.1, 0.15) is 0 Å². The van der Waals surface area contributed by atoms with Crippen LogP contribution in [0.5, 0.6) is 0 Å². The summed E-state index contributed by atoms with van der Waals surface area (Å²) in [7, 11) is 0. The first-order valence-electron chi connectivity index (χ1n) is 7.35. The van der Waals surface area contributed by atoms with Crippen LogP contribution in [0.4, 0.5) is 0 Å². The van der Waals surface area contributed by atoms with Crippen molar-refractivity contribution in [2.45, 2.75) is 71.3 Å². The van der Waals surface area contributed by atoms with Gasteiger partial charge in [-0.2, -0.15) is 5.10 Å². The van der Waals surface area contributed by atoms with Crippen LogP contribution in [0.25, 0.3) is 0 Å². The quantitative estimate of drug-likeness (QED) is 0.653. The topological polar surface area (TPSA) is 17.8 Å². The summed E-state index contributed by atoms with van der Waals surface area (Å²) in [4.78, 5) is 0. The van der Waals surface area contributed by atoms with Gasteiger partial charge in [0.25, 0.3) is 0 Å². The molecule has 0 bridgehead atoms. The fraction of sp³-hybridized carbons (Fsp3) is 0.800. The molecular weight excluding hydrogens is 208 g/mol. The van der Waals surface area contributed by atoms with Gasteiger partial charge in [-0.25, -0.2) is 0 Å². The van der Waals surface area contributed by atoms with E-state index in [9.17, 15) is 0 Å². The monoisotopic (exact) mass is 234 g/mol. The Bertz CT molecular complexity index is 325. The molecule has 0 saturated heterocycles. The molecule has 96 valence electrons. The zero-order valence-electron chi connectivity index (χ0n) is 11.4. The Labute approximate surface area is 105 Å². The predicted molar refractivity (Wildman–Crippen MR) is 72.1 cm³/mol. The molecule has 2 nitrogen and oxygen atoms in total. The molecule has 1 aliphatic carbocycles. The van der Waals surface area contributed by atoms with Gasteiger partial charge in [0.05, 0.1) is 6.20 Å². The molecule has 1 aromatic heterocycles. The maximum absolute atomic E-state index is 4.52. The van der Waals surface area contributed by atoms with E-state index in [1.54, 1.807) is 0 Å². The van der Waals surface area contributed by atoms with Crippen LogP contribution in [0.2, 0.25) is 0 Å². The zero-order valence-corrected chi connectivity index (χ0v) is 11.4.